The van der Waals surface area contributed by atoms with Gasteiger partial charge < -0.3 is 15.5 Å². The molecule has 37 heavy (non-hydrogen) atoms. The number of pyridine rings is 1. The second-order valence-electron chi connectivity index (χ2n) is 10.1. The molecule has 2 fully saturated rings. The summed E-state index contributed by atoms with van der Waals surface area (Å²) in [6.45, 7) is 9.13. The molecule has 1 unspecified atom stereocenters. The summed E-state index contributed by atoms with van der Waals surface area (Å²) in [5.74, 6) is 0.152. The van der Waals surface area contributed by atoms with Crippen LogP contribution in [0.5, 0.6) is 0 Å². The van der Waals surface area contributed by atoms with E-state index in [1.807, 2.05) is 25.1 Å². The minimum Gasteiger partial charge on any atom is -0.369 e. The van der Waals surface area contributed by atoms with E-state index in [9.17, 15) is 9.59 Å². The Labute approximate surface area is 218 Å². The molecule has 192 valence electrons. The van der Waals surface area contributed by atoms with E-state index in [4.69, 9.17) is 5.41 Å². The number of carbonyl (C=O) groups is 2. The van der Waals surface area contributed by atoms with Gasteiger partial charge in [-0.05, 0) is 61.6 Å². The lowest BCUT2D eigenvalue weighted by molar-refractivity contribution is -0.120. The predicted molar refractivity (Wildman–Crippen MR) is 146 cm³/mol. The van der Waals surface area contributed by atoms with Crippen molar-refractivity contribution in [2.75, 3.05) is 49.5 Å². The number of anilines is 2. The molecule has 1 atom stereocenters. The van der Waals surface area contributed by atoms with Crippen molar-refractivity contribution in [1.29, 1.82) is 5.41 Å². The second kappa shape index (κ2) is 10.3. The number of nitrogens with one attached hydrogen (secondary N) is 3. The van der Waals surface area contributed by atoms with Crippen LogP contribution >= 0.6 is 0 Å². The highest BCUT2D eigenvalue weighted by atomic mass is 16.2. The van der Waals surface area contributed by atoms with Crippen LogP contribution < -0.4 is 15.5 Å². The van der Waals surface area contributed by atoms with Gasteiger partial charge in [-0.1, -0.05) is 30.3 Å². The fraction of sp³-hybridized carbons (Fsp3) is 0.379. The molecule has 1 aliphatic carbocycles. The van der Waals surface area contributed by atoms with Gasteiger partial charge in [0.2, 0.25) is 5.91 Å². The van der Waals surface area contributed by atoms with Gasteiger partial charge in [0, 0.05) is 56.7 Å². The summed E-state index contributed by atoms with van der Waals surface area (Å²) in [5, 5.41) is 14.2. The molecule has 0 bridgehead atoms. The fourth-order valence-corrected chi connectivity index (χ4v) is 5.76. The fourth-order valence-electron chi connectivity index (χ4n) is 5.76. The van der Waals surface area contributed by atoms with Gasteiger partial charge >= 0.3 is 0 Å². The Morgan fingerprint density at radius 1 is 1.14 bits per heavy atom. The maximum Gasteiger partial charge on any atom is 0.269 e. The lowest BCUT2D eigenvalue weighted by Crippen LogP contribution is -2.49. The largest absolute Gasteiger partial charge is 0.369 e. The van der Waals surface area contributed by atoms with E-state index in [1.165, 1.54) is 11.3 Å². The molecule has 1 saturated carbocycles. The standard InChI is InChI=1S/C29H34N6O2/c1-3-21-18-29(23-8-6-10-31-26(23)33-28(29)37)19-22(21)17-24(30)27(36)32-11-12-34-13-15-35(16-14-34)25-9-5-4-7-20(25)2/h3-10,17,30H,11-16,18-19H2,1-2H3,(H,32,36)(H,31,33,37)/b21-3-,22-17-,30-24?. The number of carbonyl (C=O) groups excluding carboxylic acids is 2. The van der Waals surface area contributed by atoms with Gasteiger partial charge in [-0.25, -0.2) is 4.98 Å². The van der Waals surface area contributed by atoms with Crippen molar-refractivity contribution in [1.82, 2.24) is 15.2 Å². The van der Waals surface area contributed by atoms with Crippen molar-refractivity contribution >= 4 is 29.0 Å². The highest BCUT2D eigenvalue weighted by Gasteiger charge is 2.52. The molecule has 2 aliphatic heterocycles. The third-order valence-electron chi connectivity index (χ3n) is 7.84. The van der Waals surface area contributed by atoms with E-state index in [0.29, 0.717) is 25.2 Å². The van der Waals surface area contributed by atoms with Gasteiger partial charge in [0.1, 0.15) is 11.5 Å². The molecule has 1 spiro atoms. The molecule has 1 aromatic heterocycles. The van der Waals surface area contributed by atoms with Gasteiger partial charge in [-0.2, -0.15) is 0 Å². The van der Waals surface area contributed by atoms with Crippen molar-refractivity contribution in [3.05, 3.63) is 77.0 Å². The first-order chi connectivity index (χ1) is 17.9. The normalized spacial score (nSPS) is 23.5. The highest BCUT2D eigenvalue weighted by molar-refractivity contribution is 6.42. The molecule has 2 amide bonds. The number of nitrogens with zero attached hydrogens (tertiary/aromatic N) is 3. The summed E-state index contributed by atoms with van der Waals surface area (Å²) in [5.41, 5.74) is 4.54. The Morgan fingerprint density at radius 3 is 2.65 bits per heavy atom. The zero-order chi connectivity index (χ0) is 26.0. The molecule has 2 aromatic rings. The van der Waals surface area contributed by atoms with Gasteiger partial charge in [0.25, 0.3) is 5.91 Å². The first-order valence-corrected chi connectivity index (χ1v) is 12.9. The van der Waals surface area contributed by atoms with Crippen molar-refractivity contribution in [3.8, 4) is 0 Å². The molecule has 5 rings (SSSR count). The summed E-state index contributed by atoms with van der Waals surface area (Å²) in [4.78, 5) is 34.7. The topological polar surface area (TPSA) is 101 Å². The van der Waals surface area contributed by atoms with Gasteiger partial charge in [0.15, 0.2) is 0 Å². The number of allylic oxidation sites excluding steroid dienone is 3. The van der Waals surface area contributed by atoms with Crippen LogP contribution in [0, 0.1) is 12.3 Å². The van der Waals surface area contributed by atoms with E-state index in [-0.39, 0.29) is 17.5 Å². The molecule has 3 heterocycles. The maximum absolute atomic E-state index is 12.9. The van der Waals surface area contributed by atoms with E-state index in [2.05, 4.69) is 56.6 Å². The van der Waals surface area contributed by atoms with E-state index in [1.54, 1.807) is 12.3 Å². The second-order valence-corrected chi connectivity index (χ2v) is 10.1. The summed E-state index contributed by atoms with van der Waals surface area (Å²) < 4.78 is 0. The number of aromatic nitrogens is 1. The average Bonchev–Trinajstić information content (AvgIpc) is 3.41. The Morgan fingerprint density at radius 2 is 1.89 bits per heavy atom. The van der Waals surface area contributed by atoms with Crippen molar-refractivity contribution in [3.63, 3.8) is 0 Å². The van der Waals surface area contributed by atoms with E-state index < -0.39 is 5.41 Å². The molecule has 3 N–H and O–H groups in total. The van der Waals surface area contributed by atoms with Gasteiger partial charge in [0.05, 0.1) is 5.41 Å². The SMILES string of the molecule is C/C=C1/CC2(C/C1=C/C(=N)C(=O)NCCN1CCN(c3ccccc3C)CC1)C(=O)Nc1ncccc12. The molecule has 8 heteroatoms. The quantitative estimate of drug-likeness (QED) is 0.531. The molecule has 3 aliphatic rings. The van der Waals surface area contributed by atoms with E-state index in [0.717, 1.165) is 49.4 Å². The van der Waals surface area contributed by atoms with Crippen molar-refractivity contribution in [2.24, 2.45) is 0 Å². The maximum atomic E-state index is 12.9. The molecular formula is C29H34N6O2. The van der Waals surface area contributed by atoms with Crippen LogP contribution in [0.4, 0.5) is 11.5 Å². The number of aryl methyl sites for hydroxylation is 1. The molecular weight excluding hydrogens is 464 g/mol. The monoisotopic (exact) mass is 498 g/mol. The van der Waals surface area contributed by atoms with Crippen LogP contribution in [-0.2, 0) is 15.0 Å². The summed E-state index contributed by atoms with van der Waals surface area (Å²) in [7, 11) is 0. The Balaban J connectivity index is 1.14. The van der Waals surface area contributed by atoms with Crippen LogP contribution in [0.1, 0.15) is 30.9 Å². The van der Waals surface area contributed by atoms with E-state index >= 15 is 0 Å². The van der Waals surface area contributed by atoms with Crippen LogP contribution in [0.15, 0.2) is 65.9 Å². The summed E-state index contributed by atoms with van der Waals surface area (Å²) >= 11 is 0. The number of piperazine rings is 1. The number of hydrogen-bond acceptors (Lipinski definition) is 6. The van der Waals surface area contributed by atoms with Gasteiger partial charge in [-0.3, -0.25) is 19.9 Å². The molecule has 1 aromatic carbocycles. The number of amides is 2. The third kappa shape index (κ3) is 4.81. The minimum atomic E-state index is -0.714. The number of rotatable bonds is 6. The van der Waals surface area contributed by atoms with Gasteiger partial charge in [-0.15, -0.1) is 0 Å². The summed E-state index contributed by atoms with van der Waals surface area (Å²) in [6, 6.07) is 12.2. The average molecular weight is 499 g/mol. The van der Waals surface area contributed by atoms with Crippen molar-refractivity contribution in [2.45, 2.75) is 32.1 Å². The Kier molecular flexibility index (Phi) is 6.93. The lowest BCUT2D eigenvalue weighted by Gasteiger charge is -2.36. The zero-order valence-electron chi connectivity index (χ0n) is 21.5. The van der Waals surface area contributed by atoms with Crippen LogP contribution in [-0.4, -0.2) is 66.7 Å². The first-order valence-electron chi connectivity index (χ1n) is 12.9. The molecule has 1 saturated heterocycles. The van der Waals surface area contributed by atoms with Crippen LogP contribution in [0.25, 0.3) is 0 Å². The predicted octanol–water partition coefficient (Wildman–Crippen LogP) is 3.20. The summed E-state index contributed by atoms with van der Waals surface area (Å²) in [6.07, 6.45) is 6.28. The highest BCUT2D eigenvalue weighted by Crippen LogP contribution is 2.52. The Bertz CT molecular complexity index is 1290. The number of fused-ring (bicyclic) bond motifs is 2. The molecule has 0 radical (unpaired) electrons. The minimum absolute atomic E-state index is 0.0672. The van der Waals surface area contributed by atoms with Crippen LogP contribution in [0.2, 0.25) is 0 Å². The smallest absolute Gasteiger partial charge is 0.269 e. The number of para-hydroxylation sites is 1. The number of hydrogen-bond donors (Lipinski definition) is 3. The zero-order valence-corrected chi connectivity index (χ0v) is 21.5. The third-order valence-corrected chi connectivity index (χ3v) is 7.84. The first kappa shape index (κ1) is 24.9. The molecule has 8 nitrogen and oxygen atoms in total. The number of benzene rings is 1. The lowest BCUT2D eigenvalue weighted by atomic mass is 9.80. The Hall–Kier alpha value is -3.78. The van der Waals surface area contributed by atoms with Crippen LogP contribution in [0.3, 0.4) is 0 Å². The van der Waals surface area contributed by atoms with Crippen molar-refractivity contribution < 1.29 is 9.59 Å².